The molecule has 0 N–H and O–H groups in total. The zero-order chi connectivity index (χ0) is 18.7. The molecule has 0 amide bonds. The molecule has 26 heavy (non-hydrogen) atoms. The molecule has 3 aromatic rings. The minimum atomic E-state index is -0.327. The molecular weight excluding hydrogens is 341 g/mol. The largest absolute Gasteiger partial charge is 0.493 e. The first-order chi connectivity index (χ1) is 12.5. The lowest BCUT2D eigenvalue weighted by Gasteiger charge is -2.10. The van der Waals surface area contributed by atoms with Crippen LogP contribution in [0.3, 0.4) is 0 Å². The van der Waals surface area contributed by atoms with Crippen molar-refractivity contribution in [3.63, 3.8) is 0 Å². The Morgan fingerprint density at radius 1 is 1.15 bits per heavy atom. The fraction of sp³-hybridized carbons (Fsp3) is 0.167. The zero-order valence-corrected chi connectivity index (χ0v) is 14.4. The quantitative estimate of drug-likeness (QED) is 0.517. The van der Waals surface area contributed by atoms with E-state index in [1.165, 1.54) is 26.4 Å². The lowest BCUT2D eigenvalue weighted by atomic mass is 10.1. The van der Waals surface area contributed by atoms with Gasteiger partial charge in [-0.2, -0.15) is 0 Å². The van der Waals surface area contributed by atoms with Crippen LogP contribution in [-0.4, -0.2) is 25.6 Å². The van der Waals surface area contributed by atoms with Crippen LogP contribution in [0.5, 0.6) is 11.5 Å². The number of hydrogen-bond acceptors (Lipinski definition) is 6. The molecule has 1 aromatic heterocycles. The van der Waals surface area contributed by atoms with Gasteiger partial charge < -0.3 is 14.7 Å². The molecule has 0 aliphatic rings. The Balaban J connectivity index is 2.12. The summed E-state index contributed by atoms with van der Waals surface area (Å²) in [6.07, 6.45) is 1.57. The fourth-order valence-electron chi connectivity index (χ4n) is 2.39. The maximum atomic E-state index is 13.0. The third-order valence-electron chi connectivity index (χ3n) is 3.80. The Hall–Kier alpha value is -3.42. The number of aliphatic imine (C=N–C) groups is 1. The molecule has 3 rings (SSSR count). The van der Waals surface area contributed by atoms with Crippen molar-refractivity contribution < 1.29 is 23.4 Å². The van der Waals surface area contributed by atoms with Crippen molar-refractivity contribution in [2.45, 2.75) is 6.92 Å². The molecule has 0 radical (unpaired) electrons. The van der Waals surface area contributed by atoms with Crippen molar-refractivity contribution in [3.05, 3.63) is 58.7 Å². The topological polar surface area (TPSA) is 83.8 Å². The van der Waals surface area contributed by atoms with Crippen molar-refractivity contribution in [2.75, 3.05) is 14.2 Å². The first kappa shape index (κ1) is 17.4. The number of methoxy groups -OCH3 is 2. The summed E-state index contributed by atoms with van der Waals surface area (Å²) in [5.41, 5.74) is 2.37. The molecule has 8 heteroatoms. The van der Waals surface area contributed by atoms with Crippen molar-refractivity contribution in [3.8, 4) is 22.8 Å². The summed E-state index contributed by atoms with van der Waals surface area (Å²) >= 11 is 0. The van der Waals surface area contributed by atoms with Gasteiger partial charge in [0.15, 0.2) is 11.5 Å². The second-order valence-electron chi connectivity index (χ2n) is 5.40. The molecule has 0 atom stereocenters. The van der Waals surface area contributed by atoms with Crippen molar-refractivity contribution in [1.29, 1.82) is 0 Å². The number of nitrogens with zero attached hydrogens (tertiary/aromatic N) is 3. The number of ether oxygens (including phenoxy) is 2. The van der Waals surface area contributed by atoms with E-state index < -0.39 is 0 Å². The number of aromatic nitrogens is 2. The van der Waals surface area contributed by atoms with Crippen molar-refractivity contribution in [1.82, 2.24) is 5.16 Å². The Morgan fingerprint density at radius 2 is 1.81 bits per heavy atom. The summed E-state index contributed by atoms with van der Waals surface area (Å²) in [5, 5.41) is 15.4. The molecule has 0 aliphatic carbocycles. The molecule has 0 saturated heterocycles. The van der Waals surface area contributed by atoms with Gasteiger partial charge in [0.2, 0.25) is 5.69 Å². The van der Waals surface area contributed by atoms with Gasteiger partial charge in [-0.3, -0.25) is 9.62 Å². The molecule has 0 saturated carbocycles. The first-order valence-corrected chi connectivity index (χ1v) is 7.66. The molecule has 7 nitrogen and oxygen atoms in total. The van der Waals surface area contributed by atoms with E-state index in [9.17, 15) is 9.60 Å². The standard InChI is InChI=1S/C18H16FN3O4/c1-11-18(21-26-22(11)23)14-8-16(24-2)17(25-3)9-15(14)20-10-12-4-6-13(19)7-5-12/h4-10H,1-3H3. The molecule has 0 spiro atoms. The maximum absolute atomic E-state index is 13.0. The number of hydrogen-bond donors (Lipinski definition) is 0. The third kappa shape index (κ3) is 3.34. The predicted octanol–water partition coefficient (Wildman–Crippen LogP) is 3.19. The van der Waals surface area contributed by atoms with Crippen LogP contribution < -0.4 is 14.4 Å². The minimum Gasteiger partial charge on any atom is -0.493 e. The van der Waals surface area contributed by atoms with Gasteiger partial charge in [-0.25, -0.2) is 4.39 Å². The van der Waals surface area contributed by atoms with E-state index in [0.717, 1.165) is 0 Å². The van der Waals surface area contributed by atoms with Crippen LogP contribution in [0.2, 0.25) is 0 Å². The number of rotatable bonds is 5. The zero-order valence-electron chi connectivity index (χ0n) is 14.4. The van der Waals surface area contributed by atoms with Crippen LogP contribution >= 0.6 is 0 Å². The summed E-state index contributed by atoms with van der Waals surface area (Å²) in [4.78, 5) is 4.76. The van der Waals surface area contributed by atoms with E-state index in [-0.39, 0.29) is 11.5 Å². The molecule has 0 fully saturated rings. The SMILES string of the molecule is COc1cc(N=Cc2ccc(F)cc2)c(-c2no[n+]([O-])c2C)cc1OC. The minimum absolute atomic E-state index is 0.287. The molecule has 0 bridgehead atoms. The smallest absolute Gasteiger partial charge is 0.253 e. The van der Waals surface area contributed by atoms with E-state index in [1.807, 2.05) is 0 Å². The molecule has 2 aromatic carbocycles. The van der Waals surface area contributed by atoms with Crippen LogP contribution in [0.25, 0.3) is 11.3 Å². The summed E-state index contributed by atoms with van der Waals surface area (Å²) < 4.78 is 28.3. The van der Waals surface area contributed by atoms with Crippen molar-refractivity contribution in [2.24, 2.45) is 4.99 Å². The van der Waals surface area contributed by atoms with Crippen LogP contribution in [-0.2, 0) is 0 Å². The molecule has 134 valence electrons. The lowest BCUT2D eigenvalue weighted by molar-refractivity contribution is -0.806. The normalized spacial score (nSPS) is 11.1. The van der Waals surface area contributed by atoms with E-state index >= 15 is 0 Å². The number of benzene rings is 2. The van der Waals surface area contributed by atoms with E-state index in [4.69, 9.17) is 9.47 Å². The predicted molar refractivity (Wildman–Crippen MR) is 92.4 cm³/mol. The van der Waals surface area contributed by atoms with Gasteiger partial charge in [-0.15, -0.1) is 0 Å². The molecule has 1 heterocycles. The summed E-state index contributed by atoms with van der Waals surface area (Å²) in [6.45, 7) is 1.59. The van der Waals surface area contributed by atoms with E-state index in [1.54, 1.807) is 37.4 Å². The lowest BCUT2D eigenvalue weighted by Crippen LogP contribution is -2.25. The second kappa shape index (κ2) is 7.22. The number of halogens is 1. The van der Waals surface area contributed by atoms with Crippen LogP contribution in [0.1, 0.15) is 11.3 Å². The van der Waals surface area contributed by atoms with Gasteiger partial charge in [0, 0.05) is 24.4 Å². The van der Waals surface area contributed by atoms with Crippen LogP contribution in [0, 0.1) is 17.9 Å². The molecular formula is C18H16FN3O4. The maximum Gasteiger partial charge on any atom is 0.253 e. The average molecular weight is 357 g/mol. The fourth-order valence-corrected chi connectivity index (χ4v) is 2.39. The van der Waals surface area contributed by atoms with Gasteiger partial charge in [0.1, 0.15) is 5.82 Å². The Labute approximate surface area is 148 Å². The summed E-state index contributed by atoms with van der Waals surface area (Å²) in [6, 6.07) is 9.23. The highest BCUT2D eigenvalue weighted by molar-refractivity contribution is 5.86. The summed E-state index contributed by atoms with van der Waals surface area (Å²) in [5.74, 6) is 0.605. The van der Waals surface area contributed by atoms with E-state index in [0.29, 0.717) is 38.9 Å². The second-order valence-corrected chi connectivity index (χ2v) is 5.40. The Morgan fingerprint density at radius 3 is 2.38 bits per heavy atom. The Kier molecular flexibility index (Phi) is 4.83. The molecule has 0 unspecified atom stereocenters. The van der Waals surface area contributed by atoms with Crippen LogP contribution in [0.15, 0.2) is 46.0 Å². The van der Waals surface area contributed by atoms with Gasteiger partial charge in [0.05, 0.1) is 25.5 Å². The Bertz CT molecular complexity index is 952. The highest BCUT2D eigenvalue weighted by atomic mass is 19.1. The van der Waals surface area contributed by atoms with E-state index in [2.05, 4.69) is 14.8 Å². The van der Waals surface area contributed by atoms with Gasteiger partial charge in [0.25, 0.3) is 5.69 Å². The third-order valence-corrected chi connectivity index (χ3v) is 3.80. The highest BCUT2D eigenvalue weighted by Crippen LogP contribution is 2.40. The first-order valence-electron chi connectivity index (χ1n) is 7.66. The monoisotopic (exact) mass is 357 g/mol. The molecule has 0 aliphatic heterocycles. The van der Waals surface area contributed by atoms with Gasteiger partial charge >= 0.3 is 0 Å². The van der Waals surface area contributed by atoms with Gasteiger partial charge in [-0.1, -0.05) is 12.1 Å². The van der Waals surface area contributed by atoms with Gasteiger partial charge in [-0.05, 0) is 28.7 Å². The average Bonchev–Trinajstić information content (AvgIpc) is 2.99. The summed E-state index contributed by atoms with van der Waals surface area (Å²) in [7, 11) is 3.02. The highest BCUT2D eigenvalue weighted by Gasteiger charge is 2.22. The van der Waals surface area contributed by atoms with Crippen molar-refractivity contribution >= 4 is 11.9 Å². The van der Waals surface area contributed by atoms with Crippen LogP contribution in [0.4, 0.5) is 10.1 Å².